The van der Waals surface area contributed by atoms with Crippen molar-refractivity contribution in [3.8, 4) is 5.95 Å². The Balaban J connectivity index is 1.70. The molecule has 0 aliphatic heterocycles. The lowest BCUT2D eigenvalue weighted by Crippen LogP contribution is -2.13. The van der Waals surface area contributed by atoms with Crippen molar-refractivity contribution in [3.05, 3.63) is 89.2 Å². The van der Waals surface area contributed by atoms with Gasteiger partial charge in [0.25, 0.3) is 5.95 Å². The normalized spacial score (nSPS) is 11.5. The molecule has 3 aromatic heterocycles. The van der Waals surface area contributed by atoms with E-state index in [0.717, 1.165) is 33.6 Å². The van der Waals surface area contributed by atoms with Crippen molar-refractivity contribution in [1.29, 1.82) is 0 Å². The fourth-order valence-corrected chi connectivity index (χ4v) is 4.29. The van der Waals surface area contributed by atoms with E-state index in [1.807, 2.05) is 52.4 Å². The van der Waals surface area contributed by atoms with Crippen LogP contribution >= 0.6 is 0 Å². The predicted molar refractivity (Wildman–Crippen MR) is 131 cm³/mol. The van der Waals surface area contributed by atoms with Gasteiger partial charge in [0.05, 0.1) is 5.52 Å². The lowest BCUT2D eigenvalue weighted by Gasteiger charge is -2.14. The summed E-state index contributed by atoms with van der Waals surface area (Å²) in [7, 11) is 0. The third-order valence-electron chi connectivity index (χ3n) is 5.92. The number of hydrogen-bond donors (Lipinski definition) is 2. The summed E-state index contributed by atoms with van der Waals surface area (Å²) in [6.07, 6.45) is 0. The Kier molecular flexibility index (Phi) is 5.09. The van der Waals surface area contributed by atoms with Crippen LogP contribution in [0, 0.1) is 6.92 Å². The number of fused-ring (bicyclic) bond motifs is 2. The van der Waals surface area contributed by atoms with E-state index in [1.165, 1.54) is 5.56 Å². The van der Waals surface area contributed by atoms with Gasteiger partial charge in [0.1, 0.15) is 5.52 Å². The lowest BCUT2D eigenvalue weighted by molar-refractivity contribution is 0.100. The van der Waals surface area contributed by atoms with Crippen molar-refractivity contribution in [3.63, 3.8) is 0 Å². The first-order chi connectivity index (χ1) is 15.9. The quantitative estimate of drug-likeness (QED) is 0.398. The number of nitrogens with two attached hydrogens (primary N) is 1. The largest absolute Gasteiger partial charge is 0.366 e. The van der Waals surface area contributed by atoms with Crippen molar-refractivity contribution in [2.45, 2.75) is 33.2 Å². The molecule has 0 saturated heterocycles. The number of benzene rings is 2. The van der Waals surface area contributed by atoms with Crippen LogP contribution in [0.2, 0.25) is 0 Å². The number of primary amides is 1. The summed E-state index contributed by atoms with van der Waals surface area (Å²) in [5.41, 5.74) is 11.1. The number of nitrogens with one attached hydrogen (secondary N) is 1. The van der Waals surface area contributed by atoms with Crippen molar-refractivity contribution >= 4 is 28.1 Å². The second-order valence-electron chi connectivity index (χ2n) is 8.53. The van der Waals surface area contributed by atoms with E-state index in [0.29, 0.717) is 24.0 Å². The number of hydrogen-bond acceptors (Lipinski definition) is 4. The summed E-state index contributed by atoms with van der Waals surface area (Å²) in [6, 6.07) is 21.9. The zero-order valence-corrected chi connectivity index (χ0v) is 18.9. The van der Waals surface area contributed by atoms with Crippen molar-refractivity contribution in [1.82, 2.24) is 19.2 Å². The van der Waals surface area contributed by atoms with E-state index >= 15 is 0 Å². The van der Waals surface area contributed by atoms with Crippen LogP contribution in [0.3, 0.4) is 0 Å². The summed E-state index contributed by atoms with van der Waals surface area (Å²) in [6.45, 7) is 6.92. The van der Waals surface area contributed by atoms with E-state index < -0.39 is 5.91 Å². The minimum atomic E-state index is -0.452. The Hall–Kier alpha value is -4.13. The first-order valence-corrected chi connectivity index (χ1v) is 11.0. The molecule has 0 aliphatic rings. The number of aromatic nitrogens is 4. The van der Waals surface area contributed by atoms with Crippen molar-refractivity contribution in [2.75, 3.05) is 5.32 Å². The first kappa shape index (κ1) is 20.8. The molecule has 0 unspecified atom stereocenters. The minimum absolute atomic E-state index is 0.293. The molecule has 0 bridgehead atoms. The van der Waals surface area contributed by atoms with Gasteiger partial charge in [-0.15, -0.1) is 5.10 Å². The molecule has 0 aliphatic carbocycles. The summed E-state index contributed by atoms with van der Waals surface area (Å²) in [5.74, 6) is 1.13. The van der Waals surface area contributed by atoms with Gasteiger partial charge in [0.15, 0.2) is 5.82 Å². The van der Waals surface area contributed by atoms with Gasteiger partial charge in [0, 0.05) is 28.9 Å². The number of nitrogens with zero attached hydrogens (tertiary/aromatic N) is 4. The number of carbonyl (C=O) groups is 1. The summed E-state index contributed by atoms with van der Waals surface area (Å²) < 4.78 is 3.93. The monoisotopic (exact) mass is 438 g/mol. The number of carbonyl (C=O) groups excluding carboxylic acids is 1. The van der Waals surface area contributed by atoms with Crippen LogP contribution in [0.5, 0.6) is 0 Å². The van der Waals surface area contributed by atoms with E-state index in [1.54, 1.807) is 6.07 Å². The zero-order valence-electron chi connectivity index (χ0n) is 18.9. The van der Waals surface area contributed by atoms with E-state index in [2.05, 4.69) is 43.4 Å². The molecular weight excluding hydrogens is 412 g/mol. The molecule has 5 aromatic rings. The smallest absolute Gasteiger partial charge is 0.254 e. The molecule has 0 radical (unpaired) electrons. The third-order valence-corrected chi connectivity index (χ3v) is 5.92. The van der Waals surface area contributed by atoms with Gasteiger partial charge in [-0.1, -0.05) is 50.2 Å². The van der Waals surface area contributed by atoms with Crippen LogP contribution < -0.4 is 11.1 Å². The maximum atomic E-state index is 12.0. The van der Waals surface area contributed by atoms with Gasteiger partial charge >= 0.3 is 0 Å². The van der Waals surface area contributed by atoms with Crippen LogP contribution in [0.1, 0.15) is 47.1 Å². The van der Waals surface area contributed by atoms with Crippen LogP contribution in [-0.2, 0) is 6.54 Å². The van der Waals surface area contributed by atoms with Gasteiger partial charge in [-0.3, -0.25) is 9.36 Å². The van der Waals surface area contributed by atoms with Crippen LogP contribution in [0.15, 0.2) is 66.7 Å². The lowest BCUT2D eigenvalue weighted by atomic mass is 10.1. The van der Waals surface area contributed by atoms with Crippen LogP contribution in [0.25, 0.3) is 22.4 Å². The molecule has 0 atom stereocenters. The molecular formula is C26H26N6O. The van der Waals surface area contributed by atoms with Crippen LogP contribution in [0.4, 0.5) is 5.82 Å². The molecule has 0 fully saturated rings. The Bertz CT molecular complexity index is 1480. The zero-order chi connectivity index (χ0) is 23.1. The predicted octanol–water partition coefficient (Wildman–Crippen LogP) is 4.82. The Labute approximate surface area is 191 Å². The van der Waals surface area contributed by atoms with Crippen molar-refractivity contribution < 1.29 is 4.79 Å². The van der Waals surface area contributed by atoms with Gasteiger partial charge in [-0.25, -0.2) is 4.52 Å². The van der Waals surface area contributed by atoms with E-state index in [-0.39, 0.29) is 0 Å². The van der Waals surface area contributed by atoms with Gasteiger partial charge in [-0.05, 0) is 48.7 Å². The number of anilines is 1. The van der Waals surface area contributed by atoms with Crippen molar-refractivity contribution in [2.24, 2.45) is 5.73 Å². The molecule has 1 amide bonds. The maximum Gasteiger partial charge on any atom is 0.254 e. The second-order valence-corrected chi connectivity index (χ2v) is 8.53. The Morgan fingerprint density at radius 3 is 2.55 bits per heavy atom. The minimum Gasteiger partial charge on any atom is -0.366 e. The molecule has 7 heteroatoms. The number of aryl methyl sites for hydroxylation is 1. The standard InChI is InChI=1S/C26H26N6O/c1-16(2)21-12-13-23-25(28-15-18-8-5-4-6-9-18)29-26(30-32(21)23)31-17(3)14-20-19(24(27)33)10-7-11-22(20)31/h4-14,16H,15H2,1-3H3,(H2,27,33)(H,28,29,30). The number of amides is 1. The molecule has 7 nitrogen and oxygen atoms in total. The summed E-state index contributed by atoms with van der Waals surface area (Å²) >= 11 is 0. The highest BCUT2D eigenvalue weighted by molar-refractivity contribution is 6.06. The van der Waals surface area contributed by atoms with E-state index in [4.69, 9.17) is 15.8 Å². The van der Waals surface area contributed by atoms with Gasteiger partial charge in [0.2, 0.25) is 5.91 Å². The average molecular weight is 439 g/mol. The first-order valence-electron chi connectivity index (χ1n) is 11.0. The van der Waals surface area contributed by atoms with Gasteiger partial charge in [-0.2, -0.15) is 4.98 Å². The fourth-order valence-electron chi connectivity index (χ4n) is 4.29. The highest BCUT2D eigenvalue weighted by Crippen LogP contribution is 2.28. The highest BCUT2D eigenvalue weighted by atomic mass is 16.1. The molecule has 3 heterocycles. The highest BCUT2D eigenvalue weighted by Gasteiger charge is 2.19. The molecule has 0 saturated carbocycles. The maximum absolute atomic E-state index is 12.0. The second kappa shape index (κ2) is 8.09. The summed E-state index contributed by atoms with van der Waals surface area (Å²) in [5, 5.41) is 9.20. The molecule has 5 rings (SSSR count). The van der Waals surface area contributed by atoms with Crippen LogP contribution in [-0.4, -0.2) is 25.1 Å². The average Bonchev–Trinajstić information content (AvgIpc) is 3.38. The molecule has 166 valence electrons. The molecule has 33 heavy (non-hydrogen) atoms. The topological polar surface area (TPSA) is 90.2 Å². The van der Waals surface area contributed by atoms with Gasteiger partial charge < -0.3 is 11.1 Å². The Morgan fingerprint density at radius 2 is 1.82 bits per heavy atom. The number of rotatable bonds is 6. The fraction of sp³-hybridized carbons (Fsp3) is 0.192. The molecule has 0 spiro atoms. The molecule has 2 aromatic carbocycles. The summed E-state index contributed by atoms with van der Waals surface area (Å²) in [4.78, 5) is 16.9. The molecule has 3 N–H and O–H groups in total. The van der Waals surface area contributed by atoms with E-state index in [9.17, 15) is 4.79 Å². The SMILES string of the molecule is Cc1cc2c(C(N)=O)cccc2n1-c1nc(NCc2ccccc2)c2ccc(C(C)C)n2n1. The Morgan fingerprint density at radius 1 is 1.03 bits per heavy atom. The third kappa shape index (κ3) is 3.61.